The first kappa shape index (κ1) is 18.1. The van der Waals surface area contributed by atoms with E-state index in [0.717, 1.165) is 0 Å². The van der Waals surface area contributed by atoms with Crippen LogP contribution in [0.5, 0.6) is 11.5 Å². The molecule has 0 heterocycles. The van der Waals surface area contributed by atoms with E-state index in [-0.39, 0.29) is 28.4 Å². The minimum atomic E-state index is -3.00. The minimum Gasteiger partial charge on any atom is -0.493 e. The van der Waals surface area contributed by atoms with Gasteiger partial charge in [-0.2, -0.15) is 8.78 Å². The molecule has 0 radical (unpaired) electrons. The van der Waals surface area contributed by atoms with Crippen molar-refractivity contribution in [2.75, 3.05) is 7.11 Å². The van der Waals surface area contributed by atoms with E-state index < -0.39 is 12.6 Å². The molecule has 0 amide bonds. The zero-order valence-corrected chi connectivity index (χ0v) is 13.1. The Morgan fingerprint density at radius 3 is 2.24 bits per heavy atom. The number of carboxylic acids is 1. The Hall–Kier alpha value is -3.22. The lowest BCUT2D eigenvalue weighted by Gasteiger charge is -2.10. The first-order valence-electron chi connectivity index (χ1n) is 7.09. The summed E-state index contributed by atoms with van der Waals surface area (Å²) in [5.41, 5.74) is 1.02. The van der Waals surface area contributed by atoms with Crippen LogP contribution in [0.2, 0.25) is 0 Å². The molecule has 0 atom stereocenters. The van der Waals surface area contributed by atoms with Gasteiger partial charge in [-0.3, -0.25) is 4.79 Å². The molecule has 0 aliphatic heterocycles. The minimum absolute atomic E-state index is 0.0189. The van der Waals surface area contributed by atoms with Crippen molar-refractivity contribution in [3.8, 4) is 11.5 Å². The van der Waals surface area contributed by atoms with Crippen molar-refractivity contribution in [2.45, 2.75) is 6.61 Å². The van der Waals surface area contributed by atoms with Gasteiger partial charge in [-0.05, 0) is 42.0 Å². The SMILES string of the molecule is COc1cc(C(=O)/C=C/c2ccc(C(=O)O)cc2)ccc1OC(F)F. The number of rotatable bonds is 7. The third-order valence-corrected chi connectivity index (χ3v) is 3.25. The first-order valence-corrected chi connectivity index (χ1v) is 7.09. The average Bonchev–Trinajstić information content (AvgIpc) is 2.59. The molecule has 0 aromatic heterocycles. The molecule has 25 heavy (non-hydrogen) atoms. The predicted octanol–water partition coefficient (Wildman–Crippen LogP) is 3.89. The molecular weight excluding hydrogens is 334 g/mol. The summed E-state index contributed by atoms with van der Waals surface area (Å²) in [7, 11) is 1.28. The molecule has 0 aliphatic rings. The maximum atomic E-state index is 12.3. The summed E-state index contributed by atoms with van der Waals surface area (Å²) in [6, 6.07) is 9.85. The van der Waals surface area contributed by atoms with Gasteiger partial charge in [-0.15, -0.1) is 0 Å². The van der Waals surface area contributed by atoms with Crippen LogP contribution in [0.4, 0.5) is 8.78 Å². The molecule has 7 heteroatoms. The molecule has 1 N–H and O–H groups in total. The van der Waals surface area contributed by atoms with Gasteiger partial charge in [0.05, 0.1) is 12.7 Å². The number of carbonyl (C=O) groups excluding carboxylic acids is 1. The first-order chi connectivity index (χ1) is 11.9. The van der Waals surface area contributed by atoms with Crippen LogP contribution in [0.15, 0.2) is 48.5 Å². The van der Waals surface area contributed by atoms with E-state index >= 15 is 0 Å². The van der Waals surface area contributed by atoms with Crippen LogP contribution >= 0.6 is 0 Å². The van der Waals surface area contributed by atoms with Gasteiger partial charge in [-0.25, -0.2) is 4.79 Å². The zero-order chi connectivity index (χ0) is 18.4. The van der Waals surface area contributed by atoms with E-state index in [1.165, 1.54) is 49.6 Å². The fraction of sp³-hybridized carbons (Fsp3) is 0.111. The van der Waals surface area contributed by atoms with Gasteiger partial charge in [0.25, 0.3) is 0 Å². The van der Waals surface area contributed by atoms with Crippen molar-refractivity contribution in [2.24, 2.45) is 0 Å². The molecule has 0 aliphatic carbocycles. The number of alkyl halides is 2. The van der Waals surface area contributed by atoms with Gasteiger partial charge in [0, 0.05) is 5.56 Å². The van der Waals surface area contributed by atoms with Crippen LogP contribution in [0.1, 0.15) is 26.3 Å². The number of carbonyl (C=O) groups is 2. The number of benzene rings is 2. The number of methoxy groups -OCH3 is 1. The maximum Gasteiger partial charge on any atom is 0.387 e. The second-order valence-corrected chi connectivity index (χ2v) is 4.87. The number of allylic oxidation sites excluding steroid dienone is 1. The van der Waals surface area contributed by atoms with Gasteiger partial charge < -0.3 is 14.6 Å². The Balaban J connectivity index is 2.15. The summed E-state index contributed by atoms with van der Waals surface area (Å²) in [5, 5.41) is 8.83. The van der Waals surface area contributed by atoms with E-state index in [2.05, 4.69) is 4.74 Å². The van der Waals surface area contributed by atoms with E-state index in [0.29, 0.717) is 5.56 Å². The lowest BCUT2D eigenvalue weighted by atomic mass is 10.1. The molecule has 2 aromatic carbocycles. The summed E-state index contributed by atoms with van der Waals surface area (Å²) in [5.74, 6) is -1.55. The number of ketones is 1. The molecule has 5 nitrogen and oxygen atoms in total. The second kappa shape index (κ2) is 8.05. The lowest BCUT2D eigenvalue weighted by molar-refractivity contribution is -0.0512. The van der Waals surface area contributed by atoms with Gasteiger partial charge >= 0.3 is 12.6 Å². The van der Waals surface area contributed by atoms with Crippen molar-refractivity contribution >= 4 is 17.8 Å². The van der Waals surface area contributed by atoms with Gasteiger partial charge in [0.1, 0.15) is 0 Å². The number of ether oxygens (including phenoxy) is 2. The van der Waals surface area contributed by atoms with Crippen LogP contribution in [0, 0.1) is 0 Å². The highest BCUT2D eigenvalue weighted by Gasteiger charge is 2.13. The highest BCUT2D eigenvalue weighted by atomic mass is 19.3. The molecule has 0 saturated heterocycles. The Morgan fingerprint density at radius 1 is 1.04 bits per heavy atom. The fourth-order valence-corrected chi connectivity index (χ4v) is 2.02. The number of aromatic carboxylic acids is 1. The van der Waals surface area contributed by atoms with E-state index in [1.807, 2.05) is 0 Å². The number of hydrogen-bond acceptors (Lipinski definition) is 4. The Morgan fingerprint density at radius 2 is 1.68 bits per heavy atom. The van der Waals surface area contributed by atoms with Crippen LogP contribution in [0.25, 0.3) is 6.08 Å². The Bertz CT molecular complexity index is 798. The molecular formula is C18H14F2O5. The summed E-state index contributed by atoms with van der Waals surface area (Å²) in [6.45, 7) is -3.00. The molecule has 2 aromatic rings. The van der Waals surface area contributed by atoms with Crippen molar-refractivity contribution in [3.05, 3.63) is 65.2 Å². The standard InChI is InChI=1S/C18H14F2O5/c1-24-16-10-13(7-9-15(16)25-18(19)20)14(21)8-4-11-2-5-12(6-3-11)17(22)23/h2-10,18H,1H3,(H,22,23)/b8-4+. The quantitative estimate of drug-likeness (QED) is 0.607. The Kier molecular flexibility index (Phi) is 5.84. The lowest BCUT2D eigenvalue weighted by Crippen LogP contribution is -2.04. The third kappa shape index (κ3) is 4.87. The number of carboxylic acid groups (broad SMARTS) is 1. The van der Waals surface area contributed by atoms with Crippen molar-refractivity contribution < 1.29 is 33.0 Å². The second-order valence-electron chi connectivity index (χ2n) is 4.87. The Labute approximate surface area is 142 Å². The molecule has 0 bridgehead atoms. The monoisotopic (exact) mass is 348 g/mol. The summed E-state index contributed by atoms with van der Waals surface area (Å²) < 4.78 is 33.8. The number of halogens is 2. The van der Waals surface area contributed by atoms with Crippen LogP contribution in [-0.2, 0) is 0 Å². The highest BCUT2D eigenvalue weighted by Crippen LogP contribution is 2.29. The van der Waals surface area contributed by atoms with Crippen molar-refractivity contribution in [3.63, 3.8) is 0 Å². The molecule has 0 spiro atoms. The number of hydrogen-bond donors (Lipinski definition) is 1. The highest BCUT2D eigenvalue weighted by molar-refractivity contribution is 6.07. The molecule has 0 saturated carbocycles. The summed E-state index contributed by atoms with van der Waals surface area (Å²) in [6.07, 6.45) is 2.81. The molecule has 2 rings (SSSR count). The van der Waals surface area contributed by atoms with Crippen LogP contribution < -0.4 is 9.47 Å². The predicted molar refractivity (Wildman–Crippen MR) is 86.4 cm³/mol. The molecule has 0 fully saturated rings. The van der Waals surface area contributed by atoms with Gasteiger partial charge in [0.2, 0.25) is 0 Å². The van der Waals surface area contributed by atoms with Gasteiger partial charge in [-0.1, -0.05) is 18.2 Å². The van der Waals surface area contributed by atoms with E-state index in [4.69, 9.17) is 9.84 Å². The van der Waals surface area contributed by atoms with Crippen molar-refractivity contribution in [1.29, 1.82) is 0 Å². The molecule has 130 valence electrons. The third-order valence-electron chi connectivity index (χ3n) is 3.25. The van der Waals surface area contributed by atoms with Gasteiger partial charge in [0.15, 0.2) is 17.3 Å². The largest absolute Gasteiger partial charge is 0.493 e. The van der Waals surface area contributed by atoms with Crippen molar-refractivity contribution in [1.82, 2.24) is 0 Å². The summed E-state index contributed by atoms with van der Waals surface area (Å²) in [4.78, 5) is 22.9. The fourth-order valence-electron chi connectivity index (χ4n) is 2.02. The van der Waals surface area contributed by atoms with E-state index in [9.17, 15) is 18.4 Å². The smallest absolute Gasteiger partial charge is 0.387 e. The zero-order valence-electron chi connectivity index (χ0n) is 13.1. The average molecular weight is 348 g/mol. The molecule has 0 unspecified atom stereocenters. The van der Waals surface area contributed by atoms with E-state index in [1.54, 1.807) is 12.1 Å². The van der Waals surface area contributed by atoms with Crippen LogP contribution in [-0.4, -0.2) is 30.6 Å². The maximum absolute atomic E-state index is 12.3. The van der Waals surface area contributed by atoms with Crippen LogP contribution in [0.3, 0.4) is 0 Å². The normalized spacial score (nSPS) is 10.9. The topological polar surface area (TPSA) is 72.8 Å². The summed E-state index contributed by atoms with van der Waals surface area (Å²) >= 11 is 0.